The first-order valence-corrected chi connectivity index (χ1v) is 8.83. The zero-order valence-corrected chi connectivity index (χ0v) is 13.9. The van der Waals surface area contributed by atoms with E-state index in [1.54, 1.807) is 18.2 Å². The SMILES string of the molecule is NC(=S)c1ccc(Br)cc1NS(=O)(=O)C1CCOCC1. The summed E-state index contributed by atoms with van der Waals surface area (Å²) in [5, 5.41) is -0.450. The van der Waals surface area contributed by atoms with E-state index in [0.29, 0.717) is 37.3 Å². The summed E-state index contributed by atoms with van der Waals surface area (Å²) < 4.78 is 33.3. The van der Waals surface area contributed by atoms with Gasteiger partial charge in [0.1, 0.15) is 4.99 Å². The van der Waals surface area contributed by atoms with Crippen molar-refractivity contribution in [1.29, 1.82) is 0 Å². The van der Waals surface area contributed by atoms with Crippen LogP contribution in [0.4, 0.5) is 5.69 Å². The van der Waals surface area contributed by atoms with Gasteiger partial charge in [0.15, 0.2) is 0 Å². The van der Waals surface area contributed by atoms with Crippen molar-refractivity contribution in [3.8, 4) is 0 Å². The molecule has 0 bridgehead atoms. The number of rotatable bonds is 4. The molecule has 1 fully saturated rings. The second-order valence-electron chi connectivity index (χ2n) is 4.51. The van der Waals surface area contributed by atoms with Crippen LogP contribution < -0.4 is 10.5 Å². The molecule has 0 amide bonds. The highest BCUT2D eigenvalue weighted by Gasteiger charge is 2.28. The van der Waals surface area contributed by atoms with E-state index >= 15 is 0 Å². The largest absolute Gasteiger partial charge is 0.389 e. The first-order valence-electron chi connectivity index (χ1n) is 6.09. The molecule has 1 aliphatic heterocycles. The van der Waals surface area contributed by atoms with E-state index in [9.17, 15) is 8.42 Å². The van der Waals surface area contributed by atoms with Crippen molar-refractivity contribution in [2.45, 2.75) is 18.1 Å². The number of halogens is 1. The van der Waals surface area contributed by atoms with Crippen molar-refractivity contribution in [3.63, 3.8) is 0 Å². The average molecular weight is 379 g/mol. The molecule has 110 valence electrons. The van der Waals surface area contributed by atoms with E-state index in [4.69, 9.17) is 22.7 Å². The molecule has 0 radical (unpaired) electrons. The molecule has 0 atom stereocenters. The summed E-state index contributed by atoms with van der Waals surface area (Å²) >= 11 is 8.26. The summed E-state index contributed by atoms with van der Waals surface area (Å²) in [6.07, 6.45) is 0.984. The molecular weight excluding hydrogens is 364 g/mol. The molecule has 0 aromatic heterocycles. The molecule has 0 aliphatic carbocycles. The predicted octanol–water partition coefficient (Wildman–Crippen LogP) is 2.00. The number of nitrogens with two attached hydrogens (primary N) is 1. The van der Waals surface area contributed by atoms with Crippen molar-refractivity contribution in [1.82, 2.24) is 0 Å². The Kier molecular flexibility index (Phi) is 5.00. The number of benzene rings is 1. The molecule has 0 spiro atoms. The van der Waals surface area contributed by atoms with Gasteiger partial charge in [-0.05, 0) is 31.0 Å². The monoisotopic (exact) mass is 378 g/mol. The van der Waals surface area contributed by atoms with Crippen LogP contribution in [0.25, 0.3) is 0 Å². The van der Waals surface area contributed by atoms with Crippen LogP contribution in [0.3, 0.4) is 0 Å². The lowest BCUT2D eigenvalue weighted by Crippen LogP contribution is -2.33. The zero-order valence-electron chi connectivity index (χ0n) is 10.6. The van der Waals surface area contributed by atoms with E-state index < -0.39 is 15.3 Å². The van der Waals surface area contributed by atoms with Gasteiger partial charge in [0.25, 0.3) is 0 Å². The number of sulfonamides is 1. The lowest BCUT2D eigenvalue weighted by atomic mass is 10.2. The summed E-state index contributed by atoms with van der Waals surface area (Å²) in [6.45, 7) is 0.929. The molecule has 0 unspecified atom stereocenters. The Balaban J connectivity index is 2.28. The smallest absolute Gasteiger partial charge is 0.235 e. The molecule has 1 saturated heterocycles. The van der Waals surface area contributed by atoms with Crippen LogP contribution in [-0.4, -0.2) is 31.9 Å². The maximum atomic E-state index is 12.4. The zero-order chi connectivity index (χ0) is 14.8. The van der Waals surface area contributed by atoms with E-state index in [0.717, 1.165) is 4.47 Å². The van der Waals surface area contributed by atoms with Crippen LogP contribution in [-0.2, 0) is 14.8 Å². The summed E-state index contributed by atoms with van der Waals surface area (Å²) in [5.41, 5.74) is 6.54. The first kappa shape index (κ1) is 15.7. The number of thiocarbonyl (C=S) groups is 1. The van der Waals surface area contributed by atoms with E-state index in [-0.39, 0.29) is 4.99 Å². The second-order valence-corrected chi connectivity index (χ2v) is 7.83. The number of anilines is 1. The fourth-order valence-corrected chi connectivity index (χ4v) is 4.03. The lowest BCUT2D eigenvalue weighted by molar-refractivity contribution is 0.0984. The third-order valence-corrected chi connectivity index (χ3v) is 5.67. The Labute approximate surface area is 132 Å². The van der Waals surface area contributed by atoms with Gasteiger partial charge in [-0.15, -0.1) is 0 Å². The fraction of sp³-hybridized carbons (Fsp3) is 0.417. The molecule has 5 nitrogen and oxygen atoms in total. The fourth-order valence-electron chi connectivity index (χ4n) is 2.04. The molecule has 2 rings (SSSR count). The highest BCUT2D eigenvalue weighted by atomic mass is 79.9. The maximum Gasteiger partial charge on any atom is 0.235 e. The van der Waals surface area contributed by atoms with Crippen molar-refractivity contribution < 1.29 is 13.2 Å². The highest BCUT2D eigenvalue weighted by molar-refractivity contribution is 9.10. The molecule has 3 N–H and O–H groups in total. The number of nitrogens with one attached hydrogen (secondary N) is 1. The van der Waals surface area contributed by atoms with Crippen LogP contribution in [0.2, 0.25) is 0 Å². The molecule has 1 aromatic carbocycles. The minimum atomic E-state index is -3.48. The first-order chi connectivity index (χ1) is 9.40. The minimum Gasteiger partial charge on any atom is -0.389 e. The minimum absolute atomic E-state index is 0.155. The summed E-state index contributed by atoms with van der Waals surface area (Å²) in [6, 6.07) is 5.11. The molecular formula is C12H15BrN2O3S2. The van der Waals surface area contributed by atoms with Gasteiger partial charge in [-0.1, -0.05) is 28.1 Å². The van der Waals surface area contributed by atoms with E-state index in [1.807, 2.05) is 0 Å². The Morgan fingerprint density at radius 3 is 2.65 bits per heavy atom. The molecule has 1 aromatic rings. The quantitative estimate of drug-likeness (QED) is 0.783. The average Bonchev–Trinajstić information content (AvgIpc) is 2.39. The van der Waals surface area contributed by atoms with Gasteiger partial charge < -0.3 is 10.5 Å². The van der Waals surface area contributed by atoms with Gasteiger partial charge in [0, 0.05) is 23.2 Å². The van der Waals surface area contributed by atoms with Crippen molar-refractivity contribution in [2.75, 3.05) is 17.9 Å². The number of hydrogen-bond donors (Lipinski definition) is 2. The standard InChI is InChI=1S/C12H15BrN2O3S2/c13-8-1-2-10(12(14)19)11(7-8)15-20(16,17)9-3-5-18-6-4-9/h1-2,7,9,15H,3-6H2,(H2,14,19). The van der Waals surface area contributed by atoms with Crippen molar-refractivity contribution in [3.05, 3.63) is 28.2 Å². The Bertz CT molecular complexity index is 613. The van der Waals surface area contributed by atoms with Gasteiger partial charge in [0.2, 0.25) is 10.0 Å². The Morgan fingerprint density at radius 2 is 2.05 bits per heavy atom. The van der Waals surface area contributed by atoms with Gasteiger partial charge in [0.05, 0.1) is 10.9 Å². The molecule has 1 heterocycles. The van der Waals surface area contributed by atoms with Crippen molar-refractivity contribution >= 4 is 48.8 Å². The van der Waals surface area contributed by atoms with Crippen LogP contribution in [0.1, 0.15) is 18.4 Å². The van der Waals surface area contributed by atoms with Crippen molar-refractivity contribution in [2.24, 2.45) is 5.73 Å². The van der Waals surface area contributed by atoms with Crippen LogP contribution >= 0.6 is 28.1 Å². The second kappa shape index (κ2) is 6.38. The highest BCUT2D eigenvalue weighted by Crippen LogP contribution is 2.25. The summed E-state index contributed by atoms with van der Waals surface area (Å²) in [7, 11) is -3.48. The predicted molar refractivity (Wildman–Crippen MR) is 86.4 cm³/mol. The Morgan fingerprint density at radius 1 is 1.40 bits per heavy atom. The molecule has 1 aliphatic rings. The van der Waals surface area contributed by atoms with Gasteiger partial charge >= 0.3 is 0 Å². The normalized spacial score (nSPS) is 16.9. The van der Waals surface area contributed by atoms with Gasteiger partial charge in [-0.3, -0.25) is 4.72 Å². The van der Waals surface area contributed by atoms with E-state index in [2.05, 4.69) is 20.7 Å². The number of ether oxygens (including phenoxy) is 1. The number of hydrogen-bond acceptors (Lipinski definition) is 4. The summed E-state index contributed by atoms with van der Waals surface area (Å²) in [4.78, 5) is 0.155. The third-order valence-electron chi connectivity index (χ3n) is 3.11. The molecule has 8 heteroatoms. The van der Waals surface area contributed by atoms with E-state index in [1.165, 1.54) is 0 Å². The van der Waals surface area contributed by atoms with Gasteiger partial charge in [-0.2, -0.15) is 0 Å². The van der Waals surface area contributed by atoms with Gasteiger partial charge in [-0.25, -0.2) is 8.42 Å². The molecule has 20 heavy (non-hydrogen) atoms. The van der Waals surface area contributed by atoms with Crippen LogP contribution in [0.15, 0.2) is 22.7 Å². The third kappa shape index (κ3) is 3.69. The van der Waals surface area contributed by atoms with Crippen LogP contribution in [0.5, 0.6) is 0 Å². The maximum absolute atomic E-state index is 12.4. The molecule has 0 saturated carbocycles. The van der Waals surface area contributed by atoms with Crippen LogP contribution in [0, 0.1) is 0 Å². The summed E-state index contributed by atoms with van der Waals surface area (Å²) in [5.74, 6) is 0. The lowest BCUT2D eigenvalue weighted by Gasteiger charge is -2.23. The topological polar surface area (TPSA) is 81.4 Å². The Hall–Kier alpha value is -0.700.